The molecule has 0 spiro atoms. The van der Waals surface area contributed by atoms with E-state index in [0.717, 1.165) is 18.4 Å². The van der Waals surface area contributed by atoms with Crippen LogP contribution in [0, 0.1) is 5.92 Å². The lowest BCUT2D eigenvalue weighted by Crippen LogP contribution is -2.18. The fraction of sp³-hybridized carbons (Fsp3) is 0.250. The van der Waals surface area contributed by atoms with Gasteiger partial charge in [0.1, 0.15) is 11.6 Å². The topological polar surface area (TPSA) is 56.0 Å². The van der Waals surface area contributed by atoms with Gasteiger partial charge >= 0.3 is 0 Å². The number of carbonyl (C=O) groups excluding carboxylic acids is 1. The molecule has 2 N–H and O–H groups in total. The Morgan fingerprint density at radius 1 is 1.16 bits per heavy atom. The standard InChI is InChI=1S/C16H16N2O/c17-16-13(6-3-7-18-16)10-15(19)14-8-11-4-1-2-5-12(11)9-14/h1-7,14H,8-10H2,(H2,17,18). The van der Waals surface area contributed by atoms with Gasteiger partial charge in [0.25, 0.3) is 0 Å². The quantitative estimate of drug-likeness (QED) is 0.911. The first-order valence-electron chi connectivity index (χ1n) is 6.53. The first-order chi connectivity index (χ1) is 9.24. The van der Waals surface area contributed by atoms with Gasteiger partial charge in [0.15, 0.2) is 0 Å². The molecule has 3 heteroatoms. The summed E-state index contributed by atoms with van der Waals surface area (Å²) in [6.07, 6.45) is 3.75. The van der Waals surface area contributed by atoms with Crippen molar-refractivity contribution in [2.75, 3.05) is 5.73 Å². The monoisotopic (exact) mass is 252 g/mol. The van der Waals surface area contributed by atoms with Crippen molar-refractivity contribution in [2.45, 2.75) is 19.3 Å². The van der Waals surface area contributed by atoms with Crippen LogP contribution < -0.4 is 5.73 Å². The summed E-state index contributed by atoms with van der Waals surface area (Å²) in [6, 6.07) is 12.0. The molecule has 0 atom stereocenters. The zero-order valence-electron chi connectivity index (χ0n) is 10.7. The number of anilines is 1. The second-order valence-electron chi connectivity index (χ2n) is 5.06. The Hall–Kier alpha value is -2.16. The average Bonchev–Trinajstić information content (AvgIpc) is 2.85. The Balaban J connectivity index is 1.72. The molecule has 19 heavy (non-hydrogen) atoms. The van der Waals surface area contributed by atoms with E-state index >= 15 is 0 Å². The maximum atomic E-state index is 12.4. The number of nitrogens with zero attached hydrogens (tertiary/aromatic N) is 1. The highest BCUT2D eigenvalue weighted by molar-refractivity contribution is 5.85. The molecular weight excluding hydrogens is 236 g/mol. The van der Waals surface area contributed by atoms with Gasteiger partial charge in [-0.1, -0.05) is 30.3 Å². The van der Waals surface area contributed by atoms with Crippen LogP contribution >= 0.6 is 0 Å². The number of hydrogen-bond donors (Lipinski definition) is 1. The van der Waals surface area contributed by atoms with Crippen LogP contribution in [0.1, 0.15) is 16.7 Å². The summed E-state index contributed by atoms with van der Waals surface area (Å²) in [5.41, 5.74) is 9.24. The number of nitrogen functional groups attached to an aromatic ring is 1. The Labute approximate surface area is 112 Å². The van der Waals surface area contributed by atoms with E-state index in [-0.39, 0.29) is 11.7 Å². The average molecular weight is 252 g/mol. The molecule has 1 aromatic heterocycles. The lowest BCUT2D eigenvalue weighted by atomic mass is 9.95. The van der Waals surface area contributed by atoms with Gasteiger partial charge in [-0.15, -0.1) is 0 Å². The molecule has 2 aromatic rings. The minimum absolute atomic E-state index is 0.0945. The van der Waals surface area contributed by atoms with E-state index in [0.29, 0.717) is 12.2 Å². The van der Waals surface area contributed by atoms with Crippen molar-refractivity contribution in [1.29, 1.82) is 0 Å². The molecule has 3 nitrogen and oxygen atoms in total. The number of aromatic nitrogens is 1. The lowest BCUT2D eigenvalue weighted by molar-refractivity contribution is -0.121. The van der Waals surface area contributed by atoms with Crippen LogP contribution in [0.2, 0.25) is 0 Å². The molecule has 0 saturated carbocycles. The summed E-state index contributed by atoms with van der Waals surface area (Å²) in [4.78, 5) is 16.4. The van der Waals surface area contributed by atoms with Gasteiger partial charge in [-0.2, -0.15) is 0 Å². The highest BCUT2D eigenvalue weighted by atomic mass is 16.1. The van der Waals surface area contributed by atoms with E-state index in [1.165, 1.54) is 11.1 Å². The summed E-state index contributed by atoms with van der Waals surface area (Å²) in [7, 11) is 0. The summed E-state index contributed by atoms with van der Waals surface area (Å²) >= 11 is 0. The summed E-state index contributed by atoms with van der Waals surface area (Å²) in [5, 5.41) is 0. The number of hydrogen-bond acceptors (Lipinski definition) is 3. The van der Waals surface area contributed by atoms with Crippen molar-refractivity contribution in [2.24, 2.45) is 5.92 Å². The van der Waals surface area contributed by atoms with Gasteiger partial charge in [-0.05, 0) is 30.0 Å². The number of Topliss-reactive ketones (excluding diaryl/α,β-unsaturated/α-hetero) is 1. The van der Waals surface area contributed by atoms with E-state index in [2.05, 4.69) is 17.1 Å². The first kappa shape index (κ1) is 11.9. The van der Waals surface area contributed by atoms with Gasteiger partial charge < -0.3 is 5.73 Å². The predicted molar refractivity (Wildman–Crippen MR) is 74.7 cm³/mol. The first-order valence-corrected chi connectivity index (χ1v) is 6.53. The van der Waals surface area contributed by atoms with Crippen molar-refractivity contribution in [1.82, 2.24) is 4.98 Å². The second kappa shape index (κ2) is 4.84. The van der Waals surface area contributed by atoms with Crippen LogP contribution in [0.4, 0.5) is 5.82 Å². The maximum Gasteiger partial charge on any atom is 0.141 e. The number of carbonyl (C=O) groups is 1. The van der Waals surface area contributed by atoms with Crippen LogP contribution in [-0.4, -0.2) is 10.8 Å². The molecule has 3 rings (SSSR count). The molecule has 0 aliphatic heterocycles. The normalized spacial score (nSPS) is 14.3. The van der Waals surface area contributed by atoms with Crippen LogP contribution in [0.15, 0.2) is 42.6 Å². The predicted octanol–water partition coefficient (Wildman–Crippen LogP) is 2.19. The molecule has 0 unspecified atom stereocenters. The Kier molecular flexibility index (Phi) is 3.03. The Bertz CT molecular complexity index is 597. The fourth-order valence-corrected chi connectivity index (χ4v) is 2.72. The van der Waals surface area contributed by atoms with Crippen molar-refractivity contribution in [3.63, 3.8) is 0 Å². The van der Waals surface area contributed by atoms with Crippen molar-refractivity contribution < 1.29 is 4.79 Å². The molecule has 0 bridgehead atoms. The van der Waals surface area contributed by atoms with Crippen LogP contribution in [-0.2, 0) is 24.1 Å². The molecule has 0 amide bonds. The van der Waals surface area contributed by atoms with Gasteiger partial charge in [0.2, 0.25) is 0 Å². The largest absolute Gasteiger partial charge is 0.383 e. The smallest absolute Gasteiger partial charge is 0.141 e. The highest BCUT2D eigenvalue weighted by Crippen LogP contribution is 2.28. The molecule has 1 aliphatic rings. The number of ketones is 1. The number of nitrogens with two attached hydrogens (primary N) is 1. The number of rotatable bonds is 3. The molecule has 96 valence electrons. The lowest BCUT2D eigenvalue weighted by Gasteiger charge is -2.09. The van der Waals surface area contributed by atoms with Gasteiger partial charge in [0, 0.05) is 24.1 Å². The third kappa shape index (κ3) is 2.36. The molecule has 1 aliphatic carbocycles. The van der Waals surface area contributed by atoms with Crippen LogP contribution in [0.5, 0.6) is 0 Å². The Morgan fingerprint density at radius 3 is 2.47 bits per heavy atom. The van der Waals surface area contributed by atoms with E-state index in [1.807, 2.05) is 24.3 Å². The molecule has 0 fully saturated rings. The number of fused-ring (bicyclic) bond motifs is 1. The SMILES string of the molecule is Nc1ncccc1CC(=O)C1Cc2ccccc2C1. The maximum absolute atomic E-state index is 12.4. The molecule has 0 saturated heterocycles. The second-order valence-corrected chi connectivity index (χ2v) is 5.06. The minimum atomic E-state index is 0.0945. The van der Waals surface area contributed by atoms with E-state index < -0.39 is 0 Å². The van der Waals surface area contributed by atoms with Crippen molar-refractivity contribution in [3.8, 4) is 0 Å². The van der Waals surface area contributed by atoms with Gasteiger partial charge in [-0.25, -0.2) is 4.98 Å². The zero-order chi connectivity index (χ0) is 13.2. The Morgan fingerprint density at radius 2 is 1.84 bits per heavy atom. The van der Waals surface area contributed by atoms with Crippen molar-refractivity contribution >= 4 is 11.6 Å². The van der Waals surface area contributed by atoms with Gasteiger partial charge in [-0.3, -0.25) is 4.79 Å². The van der Waals surface area contributed by atoms with Crippen LogP contribution in [0.25, 0.3) is 0 Å². The number of benzene rings is 1. The van der Waals surface area contributed by atoms with Crippen LogP contribution in [0.3, 0.4) is 0 Å². The summed E-state index contributed by atoms with van der Waals surface area (Å²) in [5.74, 6) is 0.819. The molecule has 1 heterocycles. The third-order valence-electron chi connectivity index (χ3n) is 3.80. The molecular formula is C16H16N2O. The summed E-state index contributed by atoms with van der Waals surface area (Å²) in [6.45, 7) is 0. The van der Waals surface area contributed by atoms with E-state index in [9.17, 15) is 4.79 Å². The third-order valence-corrected chi connectivity index (χ3v) is 3.80. The van der Waals surface area contributed by atoms with Gasteiger partial charge in [0.05, 0.1) is 0 Å². The fourth-order valence-electron chi connectivity index (χ4n) is 2.72. The van der Waals surface area contributed by atoms with E-state index in [1.54, 1.807) is 6.20 Å². The highest BCUT2D eigenvalue weighted by Gasteiger charge is 2.27. The summed E-state index contributed by atoms with van der Waals surface area (Å²) < 4.78 is 0. The van der Waals surface area contributed by atoms with Crippen molar-refractivity contribution in [3.05, 3.63) is 59.3 Å². The molecule has 0 radical (unpaired) electrons. The number of pyridine rings is 1. The minimum Gasteiger partial charge on any atom is -0.383 e. The van der Waals surface area contributed by atoms with E-state index in [4.69, 9.17) is 5.73 Å². The zero-order valence-corrected chi connectivity index (χ0v) is 10.7. The molecule has 1 aromatic carbocycles.